The van der Waals surface area contributed by atoms with Crippen LogP contribution in [0.5, 0.6) is 6.01 Å². The minimum atomic E-state index is -0.520. The highest BCUT2D eigenvalue weighted by Crippen LogP contribution is 2.16. The van der Waals surface area contributed by atoms with Crippen LogP contribution in [0, 0.1) is 5.82 Å². The largest absolute Gasteiger partial charge is 0.458 e. The van der Waals surface area contributed by atoms with Gasteiger partial charge in [0.25, 0.3) is 5.91 Å². The Morgan fingerprint density at radius 3 is 2.76 bits per heavy atom. The van der Waals surface area contributed by atoms with E-state index < -0.39 is 5.82 Å². The van der Waals surface area contributed by atoms with Gasteiger partial charge in [-0.1, -0.05) is 0 Å². The van der Waals surface area contributed by atoms with Gasteiger partial charge < -0.3 is 9.64 Å². The van der Waals surface area contributed by atoms with Crippen molar-refractivity contribution in [3.8, 4) is 6.01 Å². The lowest BCUT2D eigenvalue weighted by Gasteiger charge is -2.15. The zero-order chi connectivity index (χ0) is 14.7. The normalized spacial score (nSPS) is 17.8. The molecule has 7 nitrogen and oxygen atoms in total. The number of nitrogens with zero attached hydrogens (tertiary/aromatic N) is 5. The van der Waals surface area contributed by atoms with Gasteiger partial charge in [0.2, 0.25) is 0 Å². The van der Waals surface area contributed by atoms with E-state index in [9.17, 15) is 9.18 Å². The maximum atomic E-state index is 12.7. The van der Waals surface area contributed by atoms with Crippen LogP contribution in [0.25, 0.3) is 0 Å². The van der Waals surface area contributed by atoms with Crippen molar-refractivity contribution in [2.75, 3.05) is 13.1 Å². The van der Waals surface area contributed by atoms with Crippen molar-refractivity contribution in [3.63, 3.8) is 0 Å². The van der Waals surface area contributed by atoms with Crippen LogP contribution in [-0.2, 0) is 0 Å². The van der Waals surface area contributed by atoms with E-state index in [4.69, 9.17) is 4.74 Å². The van der Waals surface area contributed by atoms with Crippen LogP contribution in [0.1, 0.15) is 16.9 Å². The summed E-state index contributed by atoms with van der Waals surface area (Å²) in [5, 5.41) is 0. The smallest absolute Gasteiger partial charge is 0.316 e. The summed E-state index contributed by atoms with van der Waals surface area (Å²) in [6.07, 6.45) is 6.95. The number of ether oxygens (including phenoxy) is 1. The minimum absolute atomic E-state index is 0.107. The first-order chi connectivity index (χ1) is 10.2. The van der Waals surface area contributed by atoms with E-state index in [1.54, 1.807) is 4.90 Å². The fraction of sp³-hybridized carbons (Fsp3) is 0.308. The standard InChI is InChI=1S/C13H12FN5O2/c14-9-5-17-13(18-6-9)21-10-1-4-19(8-10)12(20)11-7-15-2-3-16-11/h2-3,5-7,10H,1,4,8H2/t10-/m1/s1. The second kappa shape index (κ2) is 5.78. The Bertz CT molecular complexity index is 622. The van der Waals surface area contributed by atoms with E-state index in [1.165, 1.54) is 18.6 Å². The van der Waals surface area contributed by atoms with Gasteiger partial charge in [-0.2, -0.15) is 0 Å². The van der Waals surface area contributed by atoms with E-state index >= 15 is 0 Å². The van der Waals surface area contributed by atoms with Gasteiger partial charge in [0.15, 0.2) is 5.82 Å². The molecule has 1 fully saturated rings. The number of carbonyl (C=O) groups excluding carboxylic acids is 1. The molecule has 0 spiro atoms. The first-order valence-electron chi connectivity index (χ1n) is 6.42. The molecule has 1 amide bonds. The average molecular weight is 289 g/mol. The van der Waals surface area contributed by atoms with Crippen LogP contribution in [0.15, 0.2) is 31.0 Å². The molecule has 1 aliphatic rings. The zero-order valence-electron chi connectivity index (χ0n) is 11.0. The fourth-order valence-corrected chi connectivity index (χ4v) is 2.09. The van der Waals surface area contributed by atoms with Crippen LogP contribution in [-0.4, -0.2) is 49.9 Å². The van der Waals surface area contributed by atoms with Gasteiger partial charge in [-0.15, -0.1) is 0 Å². The molecule has 0 bridgehead atoms. The first kappa shape index (κ1) is 13.3. The Hall–Kier alpha value is -2.64. The molecule has 3 heterocycles. The molecular weight excluding hydrogens is 277 g/mol. The van der Waals surface area contributed by atoms with Gasteiger partial charge in [-0.25, -0.2) is 19.3 Å². The van der Waals surface area contributed by atoms with E-state index in [-0.39, 0.29) is 18.0 Å². The second-order valence-electron chi connectivity index (χ2n) is 4.55. The summed E-state index contributed by atoms with van der Waals surface area (Å²) in [5.41, 5.74) is 0.302. The molecule has 2 aromatic heterocycles. The molecule has 108 valence electrons. The van der Waals surface area contributed by atoms with Gasteiger partial charge in [-0.05, 0) is 0 Å². The third kappa shape index (κ3) is 3.10. The lowest BCUT2D eigenvalue weighted by Crippen LogP contribution is -2.31. The van der Waals surface area contributed by atoms with Crippen molar-refractivity contribution in [1.82, 2.24) is 24.8 Å². The van der Waals surface area contributed by atoms with Crippen LogP contribution >= 0.6 is 0 Å². The minimum Gasteiger partial charge on any atom is -0.458 e. The zero-order valence-corrected chi connectivity index (χ0v) is 11.0. The van der Waals surface area contributed by atoms with Gasteiger partial charge in [0, 0.05) is 25.4 Å². The number of halogens is 1. The van der Waals surface area contributed by atoms with Crippen molar-refractivity contribution in [2.45, 2.75) is 12.5 Å². The molecule has 0 saturated carbocycles. The molecule has 0 radical (unpaired) electrons. The van der Waals surface area contributed by atoms with Gasteiger partial charge in [0.05, 0.1) is 25.1 Å². The Kier molecular flexibility index (Phi) is 3.67. The number of likely N-dealkylation sites (tertiary alicyclic amines) is 1. The van der Waals surface area contributed by atoms with E-state index in [0.717, 1.165) is 12.4 Å². The highest BCUT2D eigenvalue weighted by molar-refractivity contribution is 5.92. The predicted octanol–water partition coefficient (Wildman–Crippen LogP) is 0.699. The van der Waals surface area contributed by atoms with Crippen LogP contribution in [0.3, 0.4) is 0 Å². The maximum absolute atomic E-state index is 12.7. The van der Waals surface area contributed by atoms with E-state index in [2.05, 4.69) is 19.9 Å². The second-order valence-corrected chi connectivity index (χ2v) is 4.55. The molecule has 0 aliphatic carbocycles. The van der Waals surface area contributed by atoms with Crippen molar-refractivity contribution in [1.29, 1.82) is 0 Å². The number of amides is 1. The highest BCUT2D eigenvalue weighted by atomic mass is 19.1. The van der Waals surface area contributed by atoms with Gasteiger partial charge in [-0.3, -0.25) is 9.78 Å². The van der Waals surface area contributed by atoms with Crippen LogP contribution in [0.4, 0.5) is 4.39 Å². The summed E-state index contributed by atoms with van der Waals surface area (Å²) in [7, 11) is 0. The van der Waals surface area contributed by atoms with Gasteiger partial charge in [0.1, 0.15) is 11.8 Å². The molecule has 1 saturated heterocycles. The summed E-state index contributed by atoms with van der Waals surface area (Å²) in [5.74, 6) is -0.706. The van der Waals surface area contributed by atoms with Crippen molar-refractivity contribution < 1.29 is 13.9 Å². The highest BCUT2D eigenvalue weighted by Gasteiger charge is 2.29. The maximum Gasteiger partial charge on any atom is 0.316 e. The predicted molar refractivity (Wildman–Crippen MR) is 69.0 cm³/mol. The number of carbonyl (C=O) groups is 1. The topological polar surface area (TPSA) is 81.1 Å². The quantitative estimate of drug-likeness (QED) is 0.827. The third-order valence-electron chi connectivity index (χ3n) is 3.08. The lowest BCUT2D eigenvalue weighted by atomic mass is 10.3. The number of aromatic nitrogens is 4. The molecule has 3 rings (SSSR count). The molecule has 2 aromatic rings. The average Bonchev–Trinajstić information content (AvgIpc) is 2.98. The molecule has 1 atom stereocenters. The first-order valence-corrected chi connectivity index (χ1v) is 6.42. The SMILES string of the molecule is O=C(c1cnccn1)N1CC[C@@H](Oc2ncc(F)cn2)C1. The lowest BCUT2D eigenvalue weighted by molar-refractivity contribution is 0.0763. The molecule has 0 aromatic carbocycles. The summed E-state index contributed by atoms with van der Waals surface area (Å²) < 4.78 is 18.2. The Labute approximate surface area is 119 Å². The summed E-state index contributed by atoms with van der Waals surface area (Å²) in [4.78, 5) is 29.1. The fourth-order valence-electron chi connectivity index (χ4n) is 2.09. The summed E-state index contributed by atoms with van der Waals surface area (Å²) in [6, 6.07) is 0.107. The molecule has 21 heavy (non-hydrogen) atoms. The summed E-state index contributed by atoms with van der Waals surface area (Å²) in [6.45, 7) is 0.970. The monoisotopic (exact) mass is 289 g/mol. The van der Waals surface area contributed by atoms with Crippen LogP contribution in [0.2, 0.25) is 0 Å². The third-order valence-corrected chi connectivity index (χ3v) is 3.08. The van der Waals surface area contributed by atoms with Crippen molar-refractivity contribution in [2.24, 2.45) is 0 Å². The van der Waals surface area contributed by atoms with Crippen LogP contribution < -0.4 is 4.74 Å². The Morgan fingerprint density at radius 2 is 2.05 bits per heavy atom. The molecule has 1 aliphatic heterocycles. The number of hydrogen-bond acceptors (Lipinski definition) is 6. The molecule has 0 N–H and O–H groups in total. The summed E-state index contributed by atoms with van der Waals surface area (Å²) >= 11 is 0. The Morgan fingerprint density at radius 1 is 1.24 bits per heavy atom. The molecular formula is C13H12FN5O2. The van der Waals surface area contributed by atoms with Crippen molar-refractivity contribution >= 4 is 5.91 Å². The van der Waals surface area contributed by atoms with Crippen molar-refractivity contribution in [3.05, 3.63) is 42.5 Å². The molecule has 8 heteroatoms. The Balaban J connectivity index is 1.60. The molecule has 0 unspecified atom stereocenters. The number of rotatable bonds is 3. The van der Waals surface area contributed by atoms with Gasteiger partial charge >= 0.3 is 6.01 Å². The number of hydrogen-bond donors (Lipinski definition) is 0. The van der Waals surface area contributed by atoms with E-state index in [1.807, 2.05) is 0 Å². The van der Waals surface area contributed by atoms with E-state index in [0.29, 0.717) is 25.2 Å².